The molecule has 1 heterocycles. The Hall–Kier alpha value is -2.17. The van der Waals surface area contributed by atoms with E-state index in [-0.39, 0.29) is 5.91 Å². The van der Waals surface area contributed by atoms with Crippen LogP contribution in [0.3, 0.4) is 0 Å². The zero-order chi connectivity index (χ0) is 15.9. The molecule has 1 amide bonds. The van der Waals surface area contributed by atoms with Crippen molar-refractivity contribution < 1.29 is 4.79 Å². The Morgan fingerprint density at radius 2 is 1.91 bits per heavy atom. The van der Waals surface area contributed by atoms with Gasteiger partial charge in [0.15, 0.2) is 5.69 Å². The van der Waals surface area contributed by atoms with Gasteiger partial charge in [0, 0.05) is 6.04 Å². The first-order valence-corrected chi connectivity index (χ1v) is 8.48. The van der Waals surface area contributed by atoms with Gasteiger partial charge in [-0.15, -0.1) is 5.10 Å². The van der Waals surface area contributed by atoms with Crippen molar-refractivity contribution in [2.24, 2.45) is 5.41 Å². The zero-order valence-electron chi connectivity index (χ0n) is 13.5. The van der Waals surface area contributed by atoms with E-state index in [1.54, 1.807) is 0 Å². The lowest BCUT2D eigenvalue weighted by molar-refractivity contribution is 0.0578. The minimum Gasteiger partial charge on any atom is -0.347 e. The number of aryl methyl sites for hydroxylation is 1. The molecule has 0 saturated heterocycles. The van der Waals surface area contributed by atoms with Crippen molar-refractivity contribution in [1.82, 2.24) is 20.3 Å². The molecule has 1 N–H and O–H groups in total. The van der Waals surface area contributed by atoms with Gasteiger partial charge in [0.25, 0.3) is 5.91 Å². The number of nitrogens with zero attached hydrogens (tertiary/aromatic N) is 3. The van der Waals surface area contributed by atoms with Crippen LogP contribution in [0.2, 0.25) is 0 Å². The van der Waals surface area contributed by atoms with Gasteiger partial charge in [0.05, 0.1) is 11.4 Å². The molecule has 1 unspecified atom stereocenters. The van der Waals surface area contributed by atoms with Crippen molar-refractivity contribution in [2.45, 2.75) is 51.5 Å². The molecule has 1 spiro atoms. The molecular weight excluding hydrogens is 288 g/mol. The third kappa shape index (κ3) is 2.44. The number of aromatic nitrogens is 3. The van der Waals surface area contributed by atoms with Gasteiger partial charge in [-0.3, -0.25) is 4.79 Å². The molecule has 4 rings (SSSR count). The summed E-state index contributed by atoms with van der Waals surface area (Å²) < 4.78 is 0. The van der Waals surface area contributed by atoms with Crippen LogP contribution in [0.1, 0.15) is 54.7 Å². The van der Waals surface area contributed by atoms with Crippen molar-refractivity contribution >= 4 is 5.91 Å². The number of hydrogen-bond acceptors (Lipinski definition) is 3. The maximum absolute atomic E-state index is 12.6. The fraction of sp³-hybridized carbons (Fsp3) is 0.500. The second kappa shape index (κ2) is 5.48. The SMILES string of the molecule is Cc1nn(-c2ccccc2)nc1C(=O)NC1CCC12CCCC2. The lowest BCUT2D eigenvalue weighted by atomic mass is 9.63. The Labute approximate surface area is 136 Å². The van der Waals surface area contributed by atoms with E-state index in [1.807, 2.05) is 37.3 Å². The highest BCUT2D eigenvalue weighted by Crippen LogP contribution is 2.53. The van der Waals surface area contributed by atoms with Crippen molar-refractivity contribution in [3.05, 3.63) is 41.7 Å². The van der Waals surface area contributed by atoms with Crippen LogP contribution in [0.25, 0.3) is 5.69 Å². The first-order chi connectivity index (χ1) is 11.2. The van der Waals surface area contributed by atoms with E-state index >= 15 is 0 Å². The summed E-state index contributed by atoms with van der Waals surface area (Å²) in [6.45, 7) is 1.84. The van der Waals surface area contributed by atoms with Crippen LogP contribution in [0.4, 0.5) is 0 Å². The summed E-state index contributed by atoms with van der Waals surface area (Å²) in [6, 6.07) is 10.0. The van der Waals surface area contributed by atoms with Crippen molar-refractivity contribution in [1.29, 1.82) is 0 Å². The van der Waals surface area contributed by atoms with Crippen LogP contribution in [-0.2, 0) is 0 Å². The molecular formula is C18H22N4O. The van der Waals surface area contributed by atoms with Crippen molar-refractivity contribution in [3.63, 3.8) is 0 Å². The maximum Gasteiger partial charge on any atom is 0.274 e. The number of carbonyl (C=O) groups is 1. The molecule has 0 bridgehead atoms. The van der Waals surface area contributed by atoms with Crippen LogP contribution in [0, 0.1) is 12.3 Å². The van der Waals surface area contributed by atoms with Gasteiger partial charge >= 0.3 is 0 Å². The van der Waals surface area contributed by atoms with E-state index in [0.29, 0.717) is 22.8 Å². The summed E-state index contributed by atoms with van der Waals surface area (Å²) in [6.07, 6.45) is 7.47. The number of hydrogen-bond donors (Lipinski definition) is 1. The van der Waals surface area contributed by atoms with Gasteiger partial charge < -0.3 is 5.32 Å². The first-order valence-electron chi connectivity index (χ1n) is 8.48. The number of nitrogens with one attached hydrogen (secondary N) is 1. The average Bonchev–Trinajstić information content (AvgIpc) is 3.20. The van der Waals surface area contributed by atoms with E-state index in [2.05, 4.69) is 15.5 Å². The van der Waals surface area contributed by atoms with Crippen LogP contribution < -0.4 is 5.32 Å². The normalized spacial score (nSPS) is 22.0. The molecule has 120 valence electrons. The molecule has 2 fully saturated rings. The van der Waals surface area contributed by atoms with Crippen molar-refractivity contribution in [3.8, 4) is 5.69 Å². The van der Waals surface area contributed by atoms with E-state index in [0.717, 1.165) is 12.1 Å². The third-order valence-corrected chi connectivity index (χ3v) is 5.56. The number of para-hydroxylation sites is 1. The quantitative estimate of drug-likeness (QED) is 0.948. The Kier molecular flexibility index (Phi) is 3.43. The van der Waals surface area contributed by atoms with E-state index in [4.69, 9.17) is 0 Å². The number of amides is 1. The molecule has 1 atom stereocenters. The summed E-state index contributed by atoms with van der Waals surface area (Å²) in [5.41, 5.74) is 2.35. The number of benzene rings is 1. The standard InChI is InChI=1S/C18H22N4O/c1-13-16(21-22(20-13)14-7-3-2-4-8-14)17(23)19-15-9-12-18(15)10-5-6-11-18/h2-4,7-8,15H,5-6,9-12H2,1H3,(H,19,23). The van der Waals surface area contributed by atoms with Gasteiger partial charge in [-0.2, -0.15) is 9.90 Å². The topological polar surface area (TPSA) is 59.8 Å². The smallest absolute Gasteiger partial charge is 0.274 e. The van der Waals surface area contributed by atoms with Crippen molar-refractivity contribution in [2.75, 3.05) is 0 Å². The van der Waals surface area contributed by atoms with Gasteiger partial charge in [0.1, 0.15) is 0 Å². The molecule has 2 aromatic rings. The minimum atomic E-state index is -0.0827. The molecule has 5 nitrogen and oxygen atoms in total. The summed E-state index contributed by atoms with van der Waals surface area (Å²) in [5, 5.41) is 12.0. The van der Waals surface area contributed by atoms with E-state index < -0.39 is 0 Å². The first kappa shape index (κ1) is 14.4. The Bertz CT molecular complexity index is 716. The fourth-order valence-electron chi connectivity index (χ4n) is 4.09. The highest BCUT2D eigenvalue weighted by molar-refractivity contribution is 5.93. The number of rotatable bonds is 3. The second-order valence-electron chi connectivity index (χ2n) is 6.89. The van der Waals surface area contributed by atoms with Crippen LogP contribution in [0.15, 0.2) is 30.3 Å². The summed E-state index contributed by atoms with van der Waals surface area (Å²) >= 11 is 0. The second-order valence-corrected chi connectivity index (χ2v) is 6.89. The molecule has 1 aromatic carbocycles. The van der Waals surface area contributed by atoms with Gasteiger partial charge in [-0.25, -0.2) is 0 Å². The summed E-state index contributed by atoms with van der Waals surface area (Å²) in [4.78, 5) is 14.2. The predicted molar refractivity (Wildman–Crippen MR) is 87.5 cm³/mol. The maximum atomic E-state index is 12.6. The monoisotopic (exact) mass is 310 g/mol. The van der Waals surface area contributed by atoms with Gasteiger partial charge in [-0.1, -0.05) is 31.0 Å². The Morgan fingerprint density at radius 3 is 2.57 bits per heavy atom. The lowest BCUT2D eigenvalue weighted by Crippen LogP contribution is -2.54. The van der Waals surface area contributed by atoms with Crippen LogP contribution >= 0.6 is 0 Å². The zero-order valence-corrected chi connectivity index (χ0v) is 13.5. The highest BCUT2D eigenvalue weighted by atomic mass is 16.2. The molecule has 2 aliphatic carbocycles. The van der Waals surface area contributed by atoms with Crippen LogP contribution in [-0.4, -0.2) is 26.9 Å². The predicted octanol–water partition coefficient (Wildman–Crippen LogP) is 3.03. The molecule has 2 aliphatic rings. The lowest BCUT2D eigenvalue weighted by Gasteiger charge is -2.47. The van der Waals surface area contributed by atoms with Gasteiger partial charge in [0.2, 0.25) is 0 Å². The third-order valence-electron chi connectivity index (χ3n) is 5.56. The largest absolute Gasteiger partial charge is 0.347 e. The fourth-order valence-corrected chi connectivity index (χ4v) is 4.09. The van der Waals surface area contributed by atoms with Gasteiger partial charge in [-0.05, 0) is 50.2 Å². The molecule has 23 heavy (non-hydrogen) atoms. The average molecular weight is 310 g/mol. The highest BCUT2D eigenvalue weighted by Gasteiger charge is 2.48. The molecule has 5 heteroatoms. The number of carbonyl (C=O) groups excluding carboxylic acids is 1. The molecule has 0 aliphatic heterocycles. The summed E-state index contributed by atoms with van der Waals surface area (Å²) in [7, 11) is 0. The Balaban J connectivity index is 1.52. The van der Waals surface area contributed by atoms with Crippen LogP contribution in [0.5, 0.6) is 0 Å². The molecule has 2 saturated carbocycles. The molecule has 1 aromatic heterocycles. The molecule has 0 radical (unpaired) electrons. The van der Waals surface area contributed by atoms with E-state index in [1.165, 1.54) is 36.9 Å². The minimum absolute atomic E-state index is 0.0827. The Morgan fingerprint density at radius 1 is 1.17 bits per heavy atom. The summed E-state index contributed by atoms with van der Waals surface area (Å²) in [5.74, 6) is -0.0827. The van der Waals surface area contributed by atoms with E-state index in [9.17, 15) is 4.79 Å².